The molecule has 0 unspecified atom stereocenters. The van der Waals surface area contributed by atoms with Gasteiger partial charge in [-0.2, -0.15) is 5.10 Å². The molecule has 2 rings (SSSR count). The third-order valence-corrected chi connectivity index (χ3v) is 3.97. The molecular formula is C18H20BrN3O2. The van der Waals surface area contributed by atoms with Crippen LogP contribution in [0.1, 0.15) is 18.1 Å². The molecule has 126 valence electrons. The second-order valence-electron chi connectivity index (χ2n) is 5.30. The summed E-state index contributed by atoms with van der Waals surface area (Å²) in [6.45, 7) is 3.78. The van der Waals surface area contributed by atoms with Crippen LogP contribution < -0.4 is 15.5 Å². The second-order valence-corrected chi connectivity index (χ2v) is 6.22. The van der Waals surface area contributed by atoms with Crippen molar-refractivity contribution in [3.63, 3.8) is 0 Å². The van der Waals surface area contributed by atoms with Crippen molar-refractivity contribution < 1.29 is 9.53 Å². The van der Waals surface area contributed by atoms with Gasteiger partial charge in [-0.3, -0.25) is 4.79 Å². The number of amides is 1. The summed E-state index contributed by atoms with van der Waals surface area (Å²) in [4.78, 5) is 12.1. The highest BCUT2D eigenvalue weighted by molar-refractivity contribution is 9.10. The summed E-state index contributed by atoms with van der Waals surface area (Å²) in [6.07, 6.45) is 1.56. The number of aryl methyl sites for hydroxylation is 1. The Morgan fingerprint density at radius 1 is 1.29 bits per heavy atom. The Balaban J connectivity index is 1.97. The van der Waals surface area contributed by atoms with E-state index in [0.29, 0.717) is 5.75 Å². The molecule has 0 fully saturated rings. The van der Waals surface area contributed by atoms with E-state index in [1.807, 2.05) is 49.4 Å². The number of hydrazone groups is 1. The number of hydrogen-bond acceptors (Lipinski definition) is 4. The van der Waals surface area contributed by atoms with Crippen molar-refractivity contribution in [1.29, 1.82) is 0 Å². The van der Waals surface area contributed by atoms with Gasteiger partial charge < -0.3 is 10.1 Å². The maximum atomic E-state index is 12.1. The Bertz CT molecular complexity index is 747. The van der Waals surface area contributed by atoms with Crippen LogP contribution in [0.5, 0.6) is 5.75 Å². The molecule has 5 nitrogen and oxygen atoms in total. The van der Waals surface area contributed by atoms with Gasteiger partial charge in [-0.05, 0) is 43.7 Å². The lowest BCUT2D eigenvalue weighted by molar-refractivity contribution is -0.121. The van der Waals surface area contributed by atoms with Crippen LogP contribution in [0, 0.1) is 6.92 Å². The number of hydrogen-bond donors (Lipinski definition) is 2. The summed E-state index contributed by atoms with van der Waals surface area (Å²) in [5.41, 5.74) is 5.32. The van der Waals surface area contributed by atoms with Gasteiger partial charge in [-0.1, -0.05) is 34.1 Å². The average molecular weight is 390 g/mol. The van der Waals surface area contributed by atoms with Crippen LogP contribution in [0.2, 0.25) is 0 Å². The van der Waals surface area contributed by atoms with Crippen LogP contribution in [0.15, 0.2) is 52.0 Å². The fraction of sp³-hybridized carbons (Fsp3) is 0.222. The zero-order valence-electron chi connectivity index (χ0n) is 13.8. The van der Waals surface area contributed by atoms with E-state index < -0.39 is 6.04 Å². The molecule has 0 heterocycles. The predicted octanol–water partition coefficient (Wildman–Crippen LogP) is 3.72. The first kappa shape index (κ1) is 18.0. The molecule has 0 aliphatic carbocycles. The van der Waals surface area contributed by atoms with Gasteiger partial charge in [0.15, 0.2) is 0 Å². The number of anilines is 1. The first-order valence-corrected chi connectivity index (χ1v) is 8.29. The molecule has 0 saturated heterocycles. The Morgan fingerprint density at radius 3 is 2.75 bits per heavy atom. The fourth-order valence-corrected chi connectivity index (χ4v) is 2.48. The highest BCUT2D eigenvalue weighted by Gasteiger charge is 2.12. The second kappa shape index (κ2) is 8.49. The van der Waals surface area contributed by atoms with Crippen molar-refractivity contribution in [2.24, 2.45) is 5.10 Å². The molecule has 0 radical (unpaired) electrons. The third kappa shape index (κ3) is 4.83. The Kier molecular flexibility index (Phi) is 6.37. The van der Waals surface area contributed by atoms with Gasteiger partial charge in [0.1, 0.15) is 11.8 Å². The molecule has 2 N–H and O–H groups in total. The van der Waals surface area contributed by atoms with Crippen molar-refractivity contribution in [2.75, 3.05) is 12.4 Å². The topological polar surface area (TPSA) is 62.7 Å². The quantitative estimate of drug-likeness (QED) is 0.584. The summed E-state index contributed by atoms with van der Waals surface area (Å²) in [6, 6.07) is 13.0. The number of nitrogens with zero attached hydrogens (tertiary/aromatic N) is 1. The monoisotopic (exact) mass is 389 g/mol. The maximum Gasteiger partial charge on any atom is 0.262 e. The zero-order valence-corrected chi connectivity index (χ0v) is 15.4. The third-order valence-electron chi connectivity index (χ3n) is 3.48. The minimum absolute atomic E-state index is 0.219. The van der Waals surface area contributed by atoms with Crippen LogP contribution in [0.3, 0.4) is 0 Å². The summed E-state index contributed by atoms with van der Waals surface area (Å²) >= 11 is 3.40. The molecule has 0 aliphatic heterocycles. The SMILES string of the molecule is COc1ccc(Br)cc1/C=N\NC(=O)[C@@H](C)Nc1ccccc1C. The molecule has 0 spiro atoms. The summed E-state index contributed by atoms with van der Waals surface area (Å²) in [5.74, 6) is 0.464. The van der Waals surface area contributed by atoms with Gasteiger partial charge in [-0.25, -0.2) is 5.43 Å². The van der Waals surface area contributed by atoms with E-state index in [1.54, 1.807) is 20.2 Å². The fourth-order valence-electron chi connectivity index (χ4n) is 2.10. The Labute approximate surface area is 150 Å². The molecule has 0 aliphatic rings. The smallest absolute Gasteiger partial charge is 0.262 e. The molecule has 2 aromatic carbocycles. The van der Waals surface area contributed by atoms with Crippen molar-refractivity contribution >= 4 is 33.7 Å². The van der Waals surface area contributed by atoms with Gasteiger partial charge in [-0.15, -0.1) is 0 Å². The number of halogens is 1. The number of para-hydroxylation sites is 1. The summed E-state index contributed by atoms with van der Waals surface area (Å²) < 4.78 is 6.17. The van der Waals surface area contributed by atoms with E-state index in [0.717, 1.165) is 21.3 Å². The normalized spacial score (nSPS) is 12.0. The van der Waals surface area contributed by atoms with E-state index in [2.05, 4.69) is 31.8 Å². The average Bonchev–Trinajstić information content (AvgIpc) is 2.57. The van der Waals surface area contributed by atoms with Crippen molar-refractivity contribution in [2.45, 2.75) is 19.9 Å². The van der Waals surface area contributed by atoms with Gasteiger partial charge >= 0.3 is 0 Å². The molecular weight excluding hydrogens is 370 g/mol. The number of rotatable bonds is 6. The molecule has 0 saturated carbocycles. The van der Waals surface area contributed by atoms with Gasteiger partial charge in [0, 0.05) is 15.7 Å². The van der Waals surface area contributed by atoms with E-state index in [-0.39, 0.29) is 5.91 Å². The van der Waals surface area contributed by atoms with Crippen LogP contribution in [0.25, 0.3) is 0 Å². The first-order chi connectivity index (χ1) is 11.5. The first-order valence-electron chi connectivity index (χ1n) is 7.50. The van der Waals surface area contributed by atoms with Crippen molar-refractivity contribution in [3.05, 3.63) is 58.1 Å². The zero-order chi connectivity index (χ0) is 17.5. The number of nitrogens with one attached hydrogen (secondary N) is 2. The molecule has 6 heteroatoms. The van der Waals surface area contributed by atoms with Crippen LogP contribution in [-0.4, -0.2) is 25.3 Å². The number of carbonyl (C=O) groups is 1. The maximum absolute atomic E-state index is 12.1. The minimum Gasteiger partial charge on any atom is -0.496 e. The molecule has 1 atom stereocenters. The summed E-state index contributed by atoms with van der Waals surface area (Å²) in [7, 11) is 1.59. The lowest BCUT2D eigenvalue weighted by atomic mass is 10.2. The lowest BCUT2D eigenvalue weighted by Crippen LogP contribution is -2.35. The summed E-state index contributed by atoms with van der Waals surface area (Å²) in [5, 5.41) is 7.18. The highest BCUT2D eigenvalue weighted by atomic mass is 79.9. The Hall–Kier alpha value is -2.34. The van der Waals surface area contributed by atoms with Crippen molar-refractivity contribution in [1.82, 2.24) is 5.43 Å². The van der Waals surface area contributed by atoms with E-state index in [4.69, 9.17) is 4.74 Å². The van der Waals surface area contributed by atoms with E-state index >= 15 is 0 Å². The van der Waals surface area contributed by atoms with Gasteiger partial charge in [0.25, 0.3) is 5.91 Å². The van der Waals surface area contributed by atoms with E-state index in [9.17, 15) is 4.79 Å². The van der Waals surface area contributed by atoms with Crippen LogP contribution in [0.4, 0.5) is 5.69 Å². The van der Waals surface area contributed by atoms with Gasteiger partial charge in [0.05, 0.1) is 13.3 Å². The molecule has 24 heavy (non-hydrogen) atoms. The van der Waals surface area contributed by atoms with Crippen LogP contribution >= 0.6 is 15.9 Å². The Morgan fingerprint density at radius 2 is 2.04 bits per heavy atom. The number of methoxy groups -OCH3 is 1. The van der Waals surface area contributed by atoms with Crippen molar-refractivity contribution in [3.8, 4) is 5.75 Å². The molecule has 1 amide bonds. The largest absolute Gasteiger partial charge is 0.496 e. The minimum atomic E-state index is -0.410. The number of carbonyl (C=O) groups excluding carboxylic acids is 1. The molecule has 0 aromatic heterocycles. The van der Waals surface area contributed by atoms with E-state index in [1.165, 1.54) is 0 Å². The predicted molar refractivity (Wildman–Crippen MR) is 101 cm³/mol. The number of benzene rings is 2. The van der Waals surface area contributed by atoms with Gasteiger partial charge in [0.2, 0.25) is 0 Å². The number of ether oxygens (including phenoxy) is 1. The standard InChI is InChI=1S/C18H20BrN3O2/c1-12-6-4-5-7-16(12)21-13(2)18(23)22-20-11-14-10-15(19)8-9-17(14)24-3/h4-11,13,21H,1-3H3,(H,22,23)/b20-11-/t13-/m1/s1. The lowest BCUT2D eigenvalue weighted by Gasteiger charge is -2.15. The molecule has 2 aromatic rings. The highest BCUT2D eigenvalue weighted by Crippen LogP contribution is 2.21. The molecule has 0 bridgehead atoms. The van der Waals surface area contributed by atoms with Crippen LogP contribution in [-0.2, 0) is 4.79 Å².